The Bertz CT molecular complexity index is 543. The molecule has 0 aromatic rings. The first-order valence-corrected chi connectivity index (χ1v) is 12.9. The van der Waals surface area contributed by atoms with Crippen LogP contribution >= 0.6 is 11.8 Å². The lowest BCUT2D eigenvalue weighted by atomic mass is 9.98. The van der Waals surface area contributed by atoms with Crippen LogP contribution in [0.2, 0.25) is 0 Å². The Labute approximate surface area is 186 Å². The number of ether oxygens (including phenoxy) is 1. The van der Waals surface area contributed by atoms with Crippen molar-refractivity contribution >= 4 is 28.9 Å². The Morgan fingerprint density at radius 2 is 1.60 bits per heavy atom. The molecule has 30 heavy (non-hydrogen) atoms. The average molecular weight is 441 g/mol. The summed E-state index contributed by atoms with van der Waals surface area (Å²) in [4.78, 5) is 36.8. The van der Waals surface area contributed by atoms with Gasteiger partial charge >= 0.3 is 6.09 Å². The highest BCUT2D eigenvalue weighted by atomic mass is 32.2. The second-order valence-corrected chi connectivity index (χ2v) is 10.1. The lowest BCUT2D eigenvalue weighted by Gasteiger charge is -2.25. The standard InChI is InChI=1S/C23H40N2O4S/c1-17(2)22(27)30-16-10-4-7-15-20(21(26)24-18-11-8-9-12-18)25-23(28)29-19-13-5-3-6-14-19/h17-20H,3-16H2,1-2H3,(H,24,26)(H,25,28)/t20-/m0/s1. The van der Waals surface area contributed by atoms with Gasteiger partial charge in [-0.15, -0.1) is 0 Å². The maximum absolute atomic E-state index is 12.8. The van der Waals surface area contributed by atoms with Crippen LogP contribution in [0.5, 0.6) is 0 Å². The first kappa shape index (κ1) is 25.0. The molecule has 2 N–H and O–H groups in total. The summed E-state index contributed by atoms with van der Waals surface area (Å²) in [6.45, 7) is 3.84. The molecule has 2 fully saturated rings. The van der Waals surface area contributed by atoms with Gasteiger partial charge in [-0.05, 0) is 51.4 Å². The van der Waals surface area contributed by atoms with Crippen molar-refractivity contribution in [2.24, 2.45) is 5.92 Å². The molecule has 0 spiro atoms. The predicted octanol–water partition coefficient (Wildman–Crippen LogP) is 4.95. The SMILES string of the molecule is CC(C)C(=O)SCCCCC[C@H](NC(=O)OC1CCCCC1)C(=O)NC1CCCC1. The van der Waals surface area contributed by atoms with Crippen molar-refractivity contribution in [3.05, 3.63) is 0 Å². The third kappa shape index (κ3) is 9.71. The van der Waals surface area contributed by atoms with Crippen molar-refractivity contribution in [3.8, 4) is 0 Å². The van der Waals surface area contributed by atoms with Gasteiger partial charge in [0.15, 0.2) is 5.12 Å². The zero-order valence-corrected chi connectivity index (χ0v) is 19.6. The summed E-state index contributed by atoms with van der Waals surface area (Å²) in [5.41, 5.74) is 0. The zero-order valence-electron chi connectivity index (χ0n) is 18.8. The van der Waals surface area contributed by atoms with E-state index in [0.717, 1.165) is 76.4 Å². The molecule has 0 radical (unpaired) electrons. The van der Waals surface area contributed by atoms with E-state index in [-0.39, 0.29) is 29.1 Å². The number of carbonyl (C=O) groups excluding carboxylic acids is 3. The number of nitrogens with one attached hydrogen (secondary N) is 2. The molecule has 0 heterocycles. The van der Waals surface area contributed by atoms with Crippen LogP contribution in [0.4, 0.5) is 4.79 Å². The lowest BCUT2D eigenvalue weighted by molar-refractivity contribution is -0.124. The molecule has 2 rings (SSSR count). The number of hydrogen-bond donors (Lipinski definition) is 2. The number of hydrogen-bond acceptors (Lipinski definition) is 5. The van der Waals surface area contributed by atoms with Gasteiger partial charge < -0.3 is 15.4 Å². The molecule has 172 valence electrons. The summed E-state index contributed by atoms with van der Waals surface area (Å²) in [6, 6.07) is -0.318. The Morgan fingerprint density at radius 3 is 2.27 bits per heavy atom. The van der Waals surface area contributed by atoms with Crippen LogP contribution in [0, 0.1) is 5.92 Å². The van der Waals surface area contributed by atoms with E-state index in [1.54, 1.807) is 0 Å². The van der Waals surface area contributed by atoms with Crippen molar-refractivity contribution in [3.63, 3.8) is 0 Å². The van der Waals surface area contributed by atoms with Gasteiger partial charge in [-0.1, -0.05) is 57.7 Å². The minimum absolute atomic E-state index is 0.0205. The van der Waals surface area contributed by atoms with Crippen LogP contribution in [0.15, 0.2) is 0 Å². The normalized spacial score (nSPS) is 18.9. The van der Waals surface area contributed by atoms with Gasteiger partial charge in [-0.2, -0.15) is 0 Å². The molecule has 0 saturated heterocycles. The van der Waals surface area contributed by atoms with Gasteiger partial charge in [0.05, 0.1) is 0 Å². The predicted molar refractivity (Wildman–Crippen MR) is 121 cm³/mol. The van der Waals surface area contributed by atoms with E-state index >= 15 is 0 Å². The fourth-order valence-corrected chi connectivity index (χ4v) is 5.00. The maximum Gasteiger partial charge on any atom is 0.408 e. The quantitative estimate of drug-likeness (QED) is 0.444. The Hall–Kier alpha value is -1.24. The highest BCUT2D eigenvalue weighted by Gasteiger charge is 2.26. The summed E-state index contributed by atoms with van der Waals surface area (Å²) in [7, 11) is 0. The fourth-order valence-electron chi connectivity index (χ4n) is 4.12. The van der Waals surface area contributed by atoms with Crippen molar-refractivity contribution in [1.29, 1.82) is 0 Å². The van der Waals surface area contributed by atoms with E-state index in [4.69, 9.17) is 4.74 Å². The molecule has 2 saturated carbocycles. The summed E-state index contributed by atoms with van der Waals surface area (Å²) in [5, 5.41) is 6.17. The summed E-state index contributed by atoms with van der Waals surface area (Å²) in [6.07, 6.45) is 12.4. The molecular formula is C23H40N2O4S. The zero-order chi connectivity index (χ0) is 21.8. The fraction of sp³-hybridized carbons (Fsp3) is 0.870. The molecule has 0 bridgehead atoms. The van der Waals surface area contributed by atoms with E-state index in [9.17, 15) is 14.4 Å². The highest BCUT2D eigenvalue weighted by molar-refractivity contribution is 8.13. The topological polar surface area (TPSA) is 84.5 Å². The third-order valence-electron chi connectivity index (χ3n) is 5.99. The van der Waals surface area contributed by atoms with Gasteiger partial charge in [0.1, 0.15) is 12.1 Å². The van der Waals surface area contributed by atoms with Crippen molar-refractivity contribution < 1.29 is 19.1 Å². The summed E-state index contributed by atoms with van der Waals surface area (Å²) < 4.78 is 5.56. The molecule has 0 aromatic carbocycles. The molecule has 0 unspecified atom stereocenters. The molecule has 2 aliphatic carbocycles. The number of alkyl carbamates (subject to hydrolysis) is 1. The second kappa shape index (κ2) is 13.9. The first-order chi connectivity index (χ1) is 14.5. The molecule has 0 aliphatic heterocycles. The van der Waals surface area contributed by atoms with Crippen LogP contribution in [0.1, 0.15) is 97.3 Å². The van der Waals surface area contributed by atoms with E-state index in [0.29, 0.717) is 6.42 Å². The summed E-state index contributed by atoms with van der Waals surface area (Å²) in [5.74, 6) is 0.789. The van der Waals surface area contributed by atoms with Gasteiger partial charge in [0, 0.05) is 17.7 Å². The monoisotopic (exact) mass is 440 g/mol. The molecule has 2 amide bonds. The van der Waals surface area contributed by atoms with Crippen LogP contribution in [-0.4, -0.2) is 41.1 Å². The van der Waals surface area contributed by atoms with E-state index < -0.39 is 12.1 Å². The minimum atomic E-state index is -0.549. The van der Waals surface area contributed by atoms with Gasteiger partial charge in [0.2, 0.25) is 5.91 Å². The van der Waals surface area contributed by atoms with Gasteiger partial charge in [-0.3, -0.25) is 9.59 Å². The maximum atomic E-state index is 12.8. The molecule has 1 atom stereocenters. The number of rotatable bonds is 11. The smallest absolute Gasteiger partial charge is 0.408 e. The number of amides is 2. The van der Waals surface area contributed by atoms with E-state index in [1.807, 2.05) is 13.8 Å². The number of thioether (sulfide) groups is 1. The third-order valence-corrected chi connectivity index (χ3v) is 7.24. The van der Waals surface area contributed by atoms with Gasteiger partial charge in [0.25, 0.3) is 0 Å². The van der Waals surface area contributed by atoms with E-state index in [2.05, 4.69) is 10.6 Å². The van der Waals surface area contributed by atoms with Crippen molar-refractivity contribution in [2.45, 2.75) is 116 Å². The molecular weight excluding hydrogens is 400 g/mol. The average Bonchev–Trinajstić information content (AvgIpc) is 3.23. The Kier molecular flexibility index (Phi) is 11.6. The van der Waals surface area contributed by atoms with Crippen molar-refractivity contribution in [1.82, 2.24) is 10.6 Å². The second-order valence-electron chi connectivity index (χ2n) is 9.02. The van der Waals surface area contributed by atoms with Crippen LogP contribution in [0.3, 0.4) is 0 Å². The van der Waals surface area contributed by atoms with E-state index in [1.165, 1.54) is 18.2 Å². The highest BCUT2D eigenvalue weighted by Crippen LogP contribution is 2.21. The summed E-state index contributed by atoms with van der Waals surface area (Å²) >= 11 is 1.39. The molecule has 7 heteroatoms. The Morgan fingerprint density at radius 1 is 0.933 bits per heavy atom. The first-order valence-electron chi connectivity index (χ1n) is 11.9. The minimum Gasteiger partial charge on any atom is -0.446 e. The Balaban J connectivity index is 1.75. The number of unbranched alkanes of at least 4 members (excludes halogenated alkanes) is 2. The van der Waals surface area contributed by atoms with Crippen molar-refractivity contribution in [2.75, 3.05) is 5.75 Å². The molecule has 6 nitrogen and oxygen atoms in total. The van der Waals surface area contributed by atoms with Crippen LogP contribution < -0.4 is 10.6 Å². The van der Waals surface area contributed by atoms with Crippen LogP contribution in [0.25, 0.3) is 0 Å². The lowest BCUT2D eigenvalue weighted by Crippen LogP contribution is -2.49. The van der Waals surface area contributed by atoms with Crippen LogP contribution in [-0.2, 0) is 14.3 Å². The number of carbonyl (C=O) groups is 3. The van der Waals surface area contributed by atoms with Gasteiger partial charge in [-0.25, -0.2) is 4.79 Å². The molecule has 2 aliphatic rings. The molecule has 0 aromatic heterocycles. The largest absolute Gasteiger partial charge is 0.446 e.